The molecule has 0 aliphatic heterocycles. The van der Waals surface area contributed by atoms with Crippen LogP contribution in [0, 0.1) is 18.3 Å². The van der Waals surface area contributed by atoms with Gasteiger partial charge in [0.2, 0.25) is 4.96 Å². The Morgan fingerprint density at radius 1 is 1.45 bits per heavy atom. The average Bonchev–Trinajstić information content (AvgIpc) is 3.16. The molecule has 0 saturated heterocycles. The minimum absolute atomic E-state index is 0.00301. The molecule has 3 heterocycles. The van der Waals surface area contributed by atoms with Crippen LogP contribution in [0.4, 0.5) is 0 Å². The minimum atomic E-state index is 0.00301. The Morgan fingerprint density at radius 2 is 2.36 bits per heavy atom. The summed E-state index contributed by atoms with van der Waals surface area (Å²) in [5, 5.41) is 14.8. The highest BCUT2D eigenvalue weighted by molar-refractivity contribution is 7.16. The molecule has 1 aromatic carbocycles. The first-order chi connectivity index (χ1) is 10.7. The number of aryl methyl sites for hydroxylation is 1. The van der Waals surface area contributed by atoms with Gasteiger partial charge in [-0.25, -0.2) is 9.50 Å². The maximum absolute atomic E-state index is 8.65. The molecule has 0 aliphatic rings. The SMILES string of the molecule is Cc1nn2cc(-c3cc4c(OCC#N)cccc4o3)nc2s1. The quantitative estimate of drug-likeness (QED) is 0.579. The van der Waals surface area contributed by atoms with Crippen molar-refractivity contribution < 1.29 is 9.15 Å². The summed E-state index contributed by atoms with van der Waals surface area (Å²) < 4.78 is 13.0. The van der Waals surface area contributed by atoms with Crippen molar-refractivity contribution in [1.29, 1.82) is 5.26 Å². The Bertz CT molecular complexity index is 990. The molecule has 0 fully saturated rings. The summed E-state index contributed by atoms with van der Waals surface area (Å²) in [6, 6.07) is 9.35. The lowest BCUT2D eigenvalue weighted by Gasteiger charge is -2.00. The van der Waals surface area contributed by atoms with E-state index in [1.165, 1.54) is 11.3 Å². The zero-order valence-corrected chi connectivity index (χ0v) is 12.4. The van der Waals surface area contributed by atoms with E-state index in [0.717, 1.165) is 21.0 Å². The molecule has 0 unspecified atom stereocenters. The van der Waals surface area contributed by atoms with Crippen LogP contribution >= 0.6 is 11.3 Å². The average molecular weight is 310 g/mol. The Hall–Kier alpha value is -2.85. The third-order valence-corrected chi connectivity index (χ3v) is 4.05. The fraction of sp³-hybridized carbons (Fsp3) is 0.133. The molecular formula is C15H10N4O2S. The van der Waals surface area contributed by atoms with Gasteiger partial charge >= 0.3 is 0 Å². The summed E-state index contributed by atoms with van der Waals surface area (Å²) in [4.78, 5) is 5.35. The zero-order valence-electron chi connectivity index (χ0n) is 11.6. The highest BCUT2D eigenvalue weighted by atomic mass is 32.1. The van der Waals surface area contributed by atoms with Crippen molar-refractivity contribution in [2.45, 2.75) is 6.92 Å². The van der Waals surface area contributed by atoms with E-state index in [0.29, 0.717) is 17.1 Å². The van der Waals surface area contributed by atoms with Gasteiger partial charge in [-0.3, -0.25) is 0 Å². The van der Waals surface area contributed by atoms with Crippen LogP contribution in [0.2, 0.25) is 0 Å². The molecule has 6 nitrogen and oxygen atoms in total. The van der Waals surface area contributed by atoms with Gasteiger partial charge in [0.25, 0.3) is 0 Å². The fourth-order valence-corrected chi connectivity index (χ4v) is 3.04. The number of imidazole rings is 1. The maximum Gasteiger partial charge on any atom is 0.212 e. The fourth-order valence-electron chi connectivity index (χ4n) is 2.31. The van der Waals surface area contributed by atoms with Gasteiger partial charge in [0, 0.05) is 0 Å². The number of rotatable bonds is 3. The van der Waals surface area contributed by atoms with Crippen LogP contribution in [-0.2, 0) is 0 Å². The highest BCUT2D eigenvalue weighted by Gasteiger charge is 2.14. The number of aromatic nitrogens is 3. The van der Waals surface area contributed by atoms with Crippen LogP contribution in [0.15, 0.2) is 34.9 Å². The van der Waals surface area contributed by atoms with Crippen LogP contribution in [0.5, 0.6) is 5.75 Å². The largest absolute Gasteiger partial charge is 0.478 e. The predicted molar refractivity (Wildman–Crippen MR) is 81.9 cm³/mol. The smallest absolute Gasteiger partial charge is 0.212 e. The van der Waals surface area contributed by atoms with Crippen molar-refractivity contribution in [3.8, 4) is 23.3 Å². The van der Waals surface area contributed by atoms with Gasteiger partial charge in [-0.1, -0.05) is 17.4 Å². The molecular weight excluding hydrogens is 300 g/mol. The van der Waals surface area contributed by atoms with Gasteiger partial charge in [0.05, 0.1) is 11.6 Å². The van der Waals surface area contributed by atoms with Crippen molar-refractivity contribution in [2.75, 3.05) is 6.61 Å². The van der Waals surface area contributed by atoms with Gasteiger partial charge in [-0.15, -0.1) is 0 Å². The molecule has 3 aromatic heterocycles. The van der Waals surface area contributed by atoms with Crippen LogP contribution in [0.25, 0.3) is 27.4 Å². The van der Waals surface area contributed by atoms with E-state index in [1.54, 1.807) is 4.52 Å². The first-order valence-corrected chi connectivity index (χ1v) is 7.42. The van der Waals surface area contributed by atoms with Gasteiger partial charge in [-0.05, 0) is 25.1 Å². The minimum Gasteiger partial charge on any atom is -0.478 e. The van der Waals surface area contributed by atoms with Crippen LogP contribution in [-0.4, -0.2) is 21.2 Å². The van der Waals surface area contributed by atoms with E-state index in [-0.39, 0.29) is 6.61 Å². The molecule has 4 aromatic rings. The molecule has 0 aliphatic carbocycles. The van der Waals surface area contributed by atoms with E-state index in [1.807, 2.05) is 43.5 Å². The Kier molecular flexibility index (Phi) is 2.84. The molecule has 4 rings (SSSR count). The van der Waals surface area contributed by atoms with E-state index >= 15 is 0 Å². The summed E-state index contributed by atoms with van der Waals surface area (Å²) in [6.07, 6.45) is 1.84. The number of hydrogen-bond acceptors (Lipinski definition) is 6. The number of furan rings is 1. The summed E-state index contributed by atoms with van der Waals surface area (Å²) in [5.74, 6) is 1.28. The Balaban J connectivity index is 1.81. The van der Waals surface area contributed by atoms with Crippen molar-refractivity contribution in [2.24, 2.45) is 0 Å². The lowest BCUT2D eigenvalue weighted by atomic mass is 10.2. The van der Waals surface area contributed by atoms with Crippen LogP contribution in [0.3, 0.4) is 0 Å². The number of hydrogen-bond donors (Lipinski definition) is 0. The van der Waals surface area contributed by atoms with Crippen LogP contribution in [0.1, 0.15) is 5.01 Å². The van der Waals surface area contributed by atoms with Crippen LogP contribution < -0.4 is 4.74 Å². The van der Waals surface area contributed by atoms with E-state index in [4.69, 9.17) is 14.4 Å². The molecule has 7 heteroatoms. The van der Waals surface area contributed by atoms with Crippen molar-refractivity contribution in [3.05, 3.63) is 35.5 Å². The van der Waals surface area contributed by atoms with Gasteiger partial charge in [0.15, 0.2) is 12.4 Å². The molecule has 0 saturated carbocycles. The third kappa shape index (κ3) is 2.01. The molecule has 0 spiro atoms. The molecule has 108 valence electrons. The molecule has 0 bridgehead atoms. The Morgan fingerprint density at radius 3 is 3.18 bits per heavy atom. The van der Waals surface area contributed by atoms with Crippen molar-refractivity contribution in [3.63, 3.8) is 0 Å². The first kappa shape index (κ1) is 12.9. The van der Waals surface area contributed by atoms with E-state index < -0.39 is 0 Å². The van der Waals surface area contributed by atoms with Gasteiger partial charge in [0.1, 0.15) is 28.1 Å². The second-order valence-corrected chi connectivity index (χ2v) is 5.86. The normalized spacial score (nSPS) is 11.1. The summed E-state index contributed by atoms with van der Waals surface area (Å²) in [6.45, 7) is 1.95. The monoisotopic (exact) mass is 310 g/mol. The number of fused-ring (bicyclic) bond motifs is 2. The maximum atomic E-state index is 8.65. The highest BCUT2D eigenvalue weighted by Crippen LogP contribution is 2.33. The first-order valence-electron chi connectivity index (χ1n) is 6.60. The number of ether oxygens (including phenoxy) is 1. The number of nitrogens with zero attached hydrogens (tertiary/aromatic N) is 4. The second kappa shape index (κ2) is 4.86. The van der Waals surface area contributed by atoms with E-state index in [9.17, 15) is 0 Å². The molecule has 0 radical (unpaired) electrons. The molecule has 0 amide bonds. The summed E-state index contributed by atoms with van der Waals surface area (Å²) in [7, 11) is 0. The predicted octanol–water partition coefficient (Wildman–Crippen LogP) is 3.41. The van der Waals surface area contributed by atoms with E-state index in [2.05, 4.69) is 10.1 Å². The second-order valence-electron chi connectivity index (χ2n) is 4.70. The number of benzene rings is 1. The number of nitriles is 1. The standard InChI is InChI=1S/C15H10N4O2S/c1-9-18-19-8-11(17-15(19)22-9)14-7-10-12(20-6-5-16)3-2-4-13(10)21-14/h2-4,7-8H,6H2,1H3. The molecule has 0 N–H and O–H groups in total. The van der Waals surface area contributed by atoms with Crippen molar-refractivity contribution >= 4 is 27.3 Å². The van der Waals surface area contributed by atoms with Crippen molar-refractivity contribution in [1.82, 2.24) is 14.6 Å². The zero-order chi connectivity index (χ0) is 15.1. The van der Waals surface area contributed by atoms with Gasteiger partial charge < -0.3 is 9.15 Å². The summed E-state index contributed by atoms with van der Waals surface area (Å²) in [5.41, 5.74) is 1.42. The topological polar surface area (TPSA) is 76.3 Å². The summed E-state index contributed by atoms with van der Waals surface area (Å²) >= 11 is 1.53. The molecule has 22 heavy (non-hydrogen) atoms. The third-order valence-electron chi connectivity index (χ3n) is 3.21. The Labute approximate surface area is 129 Å². The van der Waals surface area contributed by atoms with Gasteiger partial charge in [-0.2, -0.15) is 10.4 Å². The lowest BCUT2D eigenvalue weighted by Crippen LogP contribution is -1.92. The molecule has 0 atom stereocenters. The lowest BCUT2D eigenvalue weighted by molar-refractivity contribution is 0.372.